The van der Waals surface area contributed by atoms with E-state index in [4.69, 9.17) is 0 Å². The number of aliphatic hydroxyl groups excluding tert-OH is 1. The molecular formula is C9H18BrNO2. The molecule has 0 saturated carbocycles. The van der Waals surface area contributed by atoms with E-state index in [1.54, 1.807) is 0 Å². The predicted molar refractivity (Wildman–Crippen MR) is 56.9 cm³/mol. The van der Waals surface area contributed by atoms with Crippen molar-refractivity contribution < 1.29 is 9.90 Å². The Hall–Kier alpha value is -0.0900. The summed E-state index contributed by atoms with van der Waals surface area (Å²) in [7, 11) is 0. The van der Waals surface area contributed by atoms with Crippen molar-refractivity contribution in [1.82, 2.24) is 5.32 Å². The molecule has 0 aromatic carbocycles. The number of hydrogen-bond acceptors (Lipinski definition) is 2. The van der Waals surface area contributed by atoms with Gasteiger partial charge in [-0.25, -0.2) is 0 Å². The summed E-state index contributed by atoms with van der Waals surface area (Å²) < 4.78 is 0. The molecule has 0 heterocycles. The molecule has 0 saturated heterocycles. The number of carbonyl (C=O) groups is 1. The Balaban J connectivity index is 3.70. The van der Waals surface area contributed by atoms with E-state index in [1.165, 1.54) is 0 Å². The quantitative estimate of drug-likeness (QED) is 0.724. The summed E-state index contributed by atoms with van der Waals surface area (Å²) in [4.78, 5) is 11.1. The second-order valence-electron chi connectivity index (χ2n) is 3.43. The smallest absolute Gasteiger partial charge is 0.233 e. The first-order chi connectivity index (χ1) is 5.99. The third-order valence-electron chi connectivity index (χ3n) is 1.90. The maximum atomic E-state index is 11.2. The van der Waals surface area contributed by atoms with Gasteiger partial charge < -0.3 is 10.4 Å². The average molecular weight is 252 g/mol. The maximum Gasteiger partial charge on any atom is 0.233 e. The van der Waals surface area contributed by atoms with Crippen molar-refractivity contribution in [2.75, 3.05) is 6.54 Å². The highest BCUT2D eigenvalue weighted by atomic mass is 79.9. The monoisotopic (exact) mass is 251 g/mol. The number of alkyl halides is 1. The number of rotatable bonds is 5. The second-order valence-corrected chi connectivity index (χ2v) is 4.54. The first-order valence-electron chi connectivity index (χ1n) is 4.58. The summed E-state index contributed by atoms with van der Waals surface area (Å²) >= 11 is 3.24. The van der Waals surface area contributed by atoms with Crippen LogP contribution in [0.3, 0.4) is 0 Å². The predicted octanol–water partition coefficient (Wildman–Crippen LogP) is 1.29. The molecule has 0 radical (unpaired) electrons. The molecule has 2 atom stereocenters. The zero-order valence-corrected chi connectivity index (χ0v) is 9.97. The van der Waals surface area contributed by atoms with Crippen molar-refractivity contribution in [1.29, 1.82) is 0 Å². The molecule has 0 aliphatic carbocycles. The lowest BCUT2D eigenvalue weighted by atomic mass is 10.1. The molecule has 3 nitrogen and oxygen atoms in total. The zero-order chi connectivity index (χ0) is 10.4. The molecule has 13 heavy (non-hydrogen) atoms. The minimum atomic E-state index is -0.458. The van der Waals surface area contributed by atoms with Crippen molar-refractivity contribution in [2.45, 2.75) is 38.1 Å². The summed E-state index contributed by atoms with van der Waals surface area (Å²) in [5.74, 6) is 0.123. The topological polar surface area (TPSA) is 49.3 Å². The molecule has 0 aliphatic heterocycles. The van der Waals surface area contributed by atoms with Gasteiger partial charge in [-0.3, -0.25) is 4.79 Å². The van der Waals surface area contributed by atoms with Crippen molar-refractivity contribution in [2.24, 2.45) is 5.92 Å². The highest BCUT2D eigenvalue weighted by Gasteiger charge is 2.14. The summed E-state index contributed by atoms with van der Waals surface area (Å²) in [6.07, 6.45) is 0.296. The van der Waals surface area contributed by atoms with Gasteiger partial charge in [0.05, 0.1) is 10.9 Å². The number of halogens is 1. The van der Waals surface area contributed by atoms with Crippen molar-refractivity contribution in [3.63, 3.8) is 0 Å². The van der Waals surface area contributed by atoms with Crippen LogP contribution in [0.15, 0.2) is 0 Å². The molecule has 0 bridgehead atoms. The van der Waals surface area contributed by atoms with Crippen LogP contribution < -0.4 is 5.32 Å². The summed E-state index contributed by atoms with van der Waals surface area (Å²) in [5.41, 5.74) is 0. The van der Waals surface area contributed by atoms with Gasteiger partial charge in [-0.2, -0.15) is 0 Å². The molecule has 0 spiro atoms. The van der Waals surface area contributed by atoms with Gasteiger partial charge >= 0.3 is 0 Å². The van der Waals surface area contributed by atoms with Gasteiger partial charge in [0.25, 0.3) is 0 Å². The van der Waals surface area contributed by atoms with Crippen LogP contribution in [0.25, 0.3) is 0 Å². The molecule has 2 N–H and O–H groups in total. The van der Waals surface area contributed by atoms with E-state index in [9.17, 15) is 9.90 Å². The summed E-state index contributed by atoms with van der Waals surface area (Å²) in [5, 5.41) is 12.1. The van der Waals surface area contributed by atoms with E-state index in [0.29, 0.717) is 6.54 Å². The van der Waals surface area contributed by atoms with Gasteiger partial charge in [-0.1, -0.05) is 36.7 Å². The number of carbonyl (C=O) groups excluding carboxylic acids is 1. The molecule has 2 unspecified atom stereocenters. The highest BCUT2D eigenvalue weighted by molar-refractivity contribution is 9.10. The molecule has 0 aliphatic rings. The lowest BCUT2D eigenvalue weighted by Crippen LogP contribution is -2.38. The normalized spacial score (nSPS) is 15.5. The van der Waals surface area contributed by atoms with Gasteiger partial charge in [-0.15, -0.1) is 0 Å². The highest BCUT2D eigenvalue weighted by Crippen LogP contribution is 2.04. The molecular weight excluding hydrogens is 234 g/mol. The lowest BCUT2D eigenvalue weighted by molar-refractivity contribution is -0.121. The molecule has 0 fully saturated rings. The van der Waals surface area contributed by atoms with Crippen molar-refractivity contribution >= 4 is 21.8 Å². The van der Waals surface area contributed by atoms with Gasteiger partial charge in [0.1, 0.15) is 0 Å². The van der Waals surface area contributed by atoms with Gasteiger partial charge in [0, 0.05) is 6.54 Å². The molecule has 78 valence electrons. The number of hydrogen-bond donors (Lipinski definition) is 2. The first kappa shape index (κ1) is 12.9. The molecule has 4 heteroatoms. The Morgan fingerprint density at radius 3 is 2.46 bits per heavy atom. The minimum absolute atomic E-state index is 0.0535. The maximum absolute atomic E-state index is 11.2. The van der Waals surface area contributed by atoms with E-state index in [1.807, 2.05) is 20.8 Å². The summed E-state index contributed by atoms with van der Waals surface area (Å²) in [6.45, 7) is 6.10. The zero-order valence-electron chi connectivity index (χ0n) is 8.38. The molecule has 1 amide bonds. The standard InChI is InChI=1S/C9H18BrNO2/c1-4-7(10)9(13)11-5-8(12)6(2)3/h6-8,12H,4-5H2,1-3H3,(H,11,13). The van der Waals surface area contributed by atoms with E-state index >= 15 is 0 Å². The van der Waals surface area contributed by atoms with Crippen LogP contribution in [0.4, 0.5) is 0 Å². The SMILES string of the molecule is CCC(Br)C(=O)NCC(O)C(C)C. The third kappa shape index (κ3) is 5.26. The Morgan fingerprint density at radius 1 is 1.54 bits per heavy atom. The third-order valence-corrected chi connectivity index (χ3v) is 2.96. The fourth-order valence-electron chi connectivity index (χ4n) is 0.737. The lowest BCUT2D eigenvalue weighted by Gasteiger charge is -2.16. The van der Waals surface area contributed by atoms with E-state index in [-0.39, 0.29) is 16.7 Å². The van der Waals surface area contributed by atoms with E-state index in [0.717, 1.165) is 6.42 Å². The van der Waals surface area contributed by atoms with Crippen LogP contribution in [0, 0.1) is 5.92 Å². The number of nitrogens with one attached hydrogen (secondary N) is 1. The number of amides is 1. The number of aliphatic hydroxyl groups is 1. The van der Waals surface area contributed by atoms with Crippen LogP contribution in [0.5, 0.6) is 0 Å². The Morgan fingerprint density at radius 2 is 2.08 bits per heavy atom. The van der Waals surface area contributed by atoms with Crippen LogP contribution >= 0.6 is 15.9 Å². The Labute approximate surface area is 88.0 Å². The molecule has 0 rings (SSSR count). The largest absolute Gasteiger partial charge is 0.391 e. The molecule has 0 aromatic rings. The first-order valence-corrected chi connectivity index (χ1v) is 5.50. The van der Waals surface area contributed by atoms with Gasteiger partial charge in [0.15, 0.2) is 0 Å². The fourth-order valence-corrected chi connectivity index (χ4v) is 0.899. The molecule has 0 aromatic heterocycles. The van der Waals surface area contributed by atoms with Gasteiger partial charge in [0.2, 0.25) is 5.91 Å². The average Bonchev–Trinajstić information content (AvgIpc) is 2.11. The van der Waals surface area contributed by atoms with Crippen molar-refractivity contribution in [3.05, 3.63) is 0 Å². The van der Waals surface area contributed by atoms with Crippen LogP contribution in [0.2, 0.25) is 0 Å². The Kier molecular flexibility index (Phi) is 6.33. The van der Waals surface area contributed by atoms with E-state index in [2.05, 4.69) is 21.2 Å². The van der Waals surface area contributed by atoms with E-state index < -0.39 is 6.10 Å². The second kappa shape index (κ2) is 6.38. The fraction of sp³-hybridized carbons (Fsp3) is 0.889. The summed E-state index contributed by atoms with van der Waals surface area (Å²) in [6, 6.07) is 0. The van der Waals surface area contributed by atoms with Gasteiger partial charge in [-0.05, 0) is 12.3 Å². The van der Waals surface area contributed by atoms with Crippen molar-refractivity contribution in [3.8, 4) is 0 Å². The van der Waals surface area contributed by atoms with Crippen LogP contribution in [-0.2, 0) is 4.79 Å². The Bertz CT molecular complexity index is 162. The minimum Gasteiger partial charge on any atom is -0.391 e. The van der Waals surface area contributed by atoms with Crippen LogP contribution in [0.1, 0.15) is 27.2 Å². The van der Waals surface area contributed by atoms with Crippen LogP contribution in [-0.4, -0.2) is 28.5 Å².